The maximum Gasteiger partial charge on any atom is 0.137 e. The van der Waals surface area contributed by atoms with Gasteiger partial charge in [-0.05, 0) is 36.5 Å². The molecule has 0 unspecified atom stereocenters. The van der Waals surface area contributed by atoms with Crippen molar-refractivity contribution in [3.63, 3.8) is 0 Å². The van der Waals surface area contributed by atoms with E-state index in [1.807, 2.05) is 12.1 Å². The van der Waals surface area contributed by atoms with Gasteiger partial charge in [0.1, 0.15) is 5.75 Å². The molecule has 0 heterocycles. The Morgan fingerprint density at radius 1 is 1.33 bits per heavy atom. The van der Waals surface area contributed by atoms with Crippen LogP contribution in [0.25, 0.3) is 0 Å². The first-order chi connectivity index (χ1) is 7.13. The lowest BCUT2D eigenvalue weighted by molar-refractivity contribution is 0.289. The molecule has 0 bridgehead atoms. The molecule has 15 heavy (non-hydrogen) atoms. The first-order valence-electron chi connectivity index (χ1n) is 5.54. The van der Waals surface area contributed by atoms with E-state index < -0.39 is 0 Å². The van der Waals surface area contributed by atoms with Crippen LogP contribution in [0.4, 0.5) is 0 Å². The quantitative estimate of drug-likeness (QED) is 0.726. The van der Waals surface area contributed by atoms with Crippen LogP contribution in [0.15, 0.2) is 18.2 Å². The smallest absolute Gasteiger partial charge is 0.137 e. The van der Waals surface area contributed by atoms with Crippen molar-refractivity contribution < 1.29 is 4.74 Å². The van der Waals surface area contributed by atoms with Crippen LogP contribution in [-0.4, -0.2) is 6.61 Å². The van der Waals surface area contributed by atoms with E-state index in [0.29, 0.717) is 5.92 Å². The van der Waals surface area contributed by atoms with E-state index in [-0.39, 0.29) is 0 Å². The van der Waals surface area contributed by atoms with Gasteiger partial charge < -0.3 is 4.74 Å². The van der Waals surface area contributed by atoms with E-state index in [1.165, 1.54) is 5.56 Å². The van der Waals surface area contributed by atoms with Crippen molar-refractivity contribution in [3.05, 3.63) is 28.8 Å². The van der Waals surface area contributed by atoms with Crippen molar-refractivity contribution in [1.29, 1.82) is 0 Å². The molecule has 0 radical (unpaired) electrons. The standard InChI is InChI=1S/C13H19ClO/c1-4-11-5-6-13(12(14)9-11)15-8-7-10(2)3/h5-6,9-10H,4,7-8H2,1-3H3. The fraction of sp³-hybridized carbons (Fsp3) is 0.538. The molecule has 84 valence electrons. The van der Waals surface area contributed by atoms with E-state index in [1.54, 1.807) is 0 Å². The molecule has 0 N–H and O–H groups in total. The molecule has 2 heteroatoms. The van der Waals surface area contributed by atoms with Gasteiger partial charge in [0.25, 0.3) is 0 Å². The number of hydrogen-bond acceptors (Lipinski definition) is 1. The molecule has 0 atom stereocenters. The number of ether oxygens (including phenoxy) is 1. The van der Waals surface area contributed by atoms with Crippen molar-refractivity contribution in [1.82, 2.24) is 0 Å². The second-order valence-corrected chi connectivity index (χ2v) is 4.56. The Bertz CT molecular complexity index is 307. The number of hydrogen-bond donors (Lipinski definition) is 0. The Balaban J connectivity index is 2.54. The topological polar surface area (TPSA) is 9.23 Å². The van der Waals surface area contributed by atoms with Crippen molar-refractivity contribution in [2.24, 2.45) is 5.92 Å². The van der Waals surface area contributed by atoms with Gasteiger partial charge >= 0.3 is 0 Å². The van der Waals surface area contributed by atoms with Gasteiger partial charge in [0, 0.05) is 0 Å². The third-order valence-electron chi connectivity index (χ3n) is 2.36. The molecular formula is C13H19ClO. The second-order valence-electron chi connectivity index (χ2n) is 4.15. The van der Waals surface area contributed by atoms with Gasteiger partial charge in [-0.2, -0.15) is 0 Å². The molecule has 0 aromatic heterocycles. The Morgan fingerprint density at radius 3 is 2.60 bits per heavy atom. The van der Waals surface area contributed by atoms with E-state index in [2.05, 4.69) is 26.8 Å². The van der Waals surface area contributed by atoms with E-state index >= 15 is 0 Å². The molecule has 0 spiro atoms. The predicted octanol–water partition coefficient (Wildman–Crippen LogP) is 4.33. The van der Waals surface area contributed by atoms with Crippen LogP contribution in [0.3, 0.4) is 0 Å². The number of benzene rings is 1. The first kappa shape index (κ1) is 12.4. The molecule has 0 aliphatic heterocycles. The zero-order valence-corrected chi connectivity index (χ0v) is 10.5. The molecule has 0 aliphatic carbocycles. The monoisotopic (exact) mass is 226 g/mol. The largest absolute Gasteiger partial charge is 0.492 e. The summed E-state index contributed by atoms with van der Waals surface area (Å²) in [5, 5.41) is 0.720. The van der Waals surface area contributed by atoms with Crippen molar-refractivity contribution >= 4 is 11.6 Å². The summed E-state index contributed by atoms with van der Waals surface area (Å²) in [6.45, 7) is 7.23. The summed E-state index contributed by atoms with van der Waals surface area (Å²) in [7, 11) is 0. The van der Waals surface area contributed by atoms with Gasteiger partial charge in [0.15, 0.2) is 0 Å². The summed E-state index contributed by atoms with van der Waals surface area (Å²) in [6, 6.07) is 6.00. The average molecular weight is 227 g/mol. The Morgan fingerprint density at radius 2 is 2.07 bits per heavy atom. The van der Waals surface area contributed by atoms with Gasteiger partial charge in [-0.25, -0.2) is 0 Å². The van der Waals surface area contributed by atoms with Crippen molar-refractivity contribution in [2.45, 2.75) is 33.6 Å². The molecule has 0 fully saturated rings. The molecule has 1 nitrogen and oxygen atoms in total. The minimum absolute atomic E-state index is 0.665. The van der Waals surface area contributed by atoms with E-state index in [4.69, 9.17) is 16.3 Å². The lowest BCUT2D eigenvalue weighted by Crippen LogP contribution is -2.01. The fourth-order valence-electron chi connectivity index (χ4n) is 1.29. The lowest BCUT2D eigenvalue weighted by atomic mass is 10.1. The summed E-state index contributed by atoms with van der Waals surface area (Å²) in [4.78, 5) is 0. The molecule has 1 aromatic rings. The Kier molecular flexibility index (Phi) is 4.97. The molecule has 1 aromatic carbocycles. The van der Waals surface area contributed by atoms with Crippen LogP contribution in [0.2, 0.25) is 5.02 Å². The highest BCUT2D eigenvalue weighted by molar-refractivity contribution is 6.32. The highest BCUT2D eigenvalue weighted by atomic mass is 35.5. The summed E-state index contributed by atoms with van der Waals surface area (Å²) >= 11 is 6.10. The van der Waals surface area contributed by atoms with Crippen LogP contribution in [0, 0.1) is 5.92 Å². The summed E-state index contributed by atoms with van der Waals surface area (Å²) in [6.07, 6.45) is 2.07. The van der Waals surface area contributed by atoms with Gasteiger partial charge in [-0.15, -0.1) is 0 Å². The first-order valence-corrected chi connectivity index (χ1v) is 5.92. The zero-order chi connectivity index (χ0) is 11.3. The lowest BCUT2D eigenvalue weighted by Gasteiger charge is -2.10. The fourth-order valence-corrected chi connectivity index (χ4v) is 1.54. The maximum absolute atomic E-state index is 6.10. The minimum Gasteiger partial charge on any atom is -0.492 e. The third-order valence-corrected chi connectivity index (χ3v) is 2.65. The molecular weight excluding hydrogens is 208 g/mol. The Labute approximate surface area is 97.4 Å². The third kappa shape index (κ3) is 4.13. The van der Waals surface area contributed by atoms with E-state index in [9.17, 15) is 0 Å². The molecule has 0 saturated heterocycles. The molecule has 0 saturated carbocycles. The van der Waals surface area contributed by atoms with Crippen LogP contribution >= 0.6 is 11.6 Å². The number of rotatable bonds is 5. The van der Waals surface area contributed by atoms with Crippen molar-refractivity contribution in [2.75, 3.05) is 6.61 Å². The van der Waals surface area contributed by atoms with E-state index in [0.717, 1.165) is 30.2 Å². The van der Waals surface area contributed by atoms with Gasteiger partial charge in [0.2, 0.25) is 0 Å². The van der Waals surface area contributed by atoms with Gasteiger partial charge in [-0.3, -0.25) is 0 Å². The summed E-state index contributed by atoms with van der Waals surface area (Å²) < 4.78 is 5.62. The van der Waals surface area contributed by atoms with Crippen molar-refractivity contribution in [3.8, 4) is 5.75 Å². The number of halogens is 1. The minimum atomic E-state index is 0.665. The van der Waals surface area contributed by atoms with Crippen LogP contribution in [0.5, 0.6) is 5.75 Å². The van der Waals surface area contributed by atoms with Gasteiger partial charge in [-0.1, -0.05) is 38.4 Å². The molecule has 1 rings (SSSR count). The normalized spacial score (nSPS) is 10.7. The molecule has 0 aliphatic rings. The summed E-state index contributed by atoms with van der Waals surface area (Å²) in [5.41, 5.74) is 1.25. The second kappa shape index (κ2) is 6.02. The van der Waals surface area contributed by atoms with Crippen LogP contribution < -0.4 is 4.74 Å². The highest BCUT2D eigenvalue weighted by Gasteiger charge is 2.02. The van der Waals surface area contributed by atoms with Crippen LogP contribution in [0.1, 0.15) is 32.8 Å². The highest BCUT2D eigenvalue weighted by Crippen LogP contribution is 2.25. The zero-order valence-electron chi connectivity index (χ0n) is 9.72. The SMILES string of the molecule is CCc1ccc(OCCC(C)C)c(Cl)c1. The maximum atomic E-state index is 6.10. The summed E-state index contributed by atoms with van der Waals surface area (Å²) in [5.74, 6) is 1.47. The molecule has 0 amide bonds. The Hall–Kier alpha value is -0.690. The average Bonchev–Trinajstić information content (AvgIpc) is 2.20. The number of aryl methyl sites for hydroxylation is 1. The predicted molar refractivity (Wildman–Crippen MR) is 65.8 cm³/mol. The van der Waals surface area contributed by atoms with Crippen LogP contribution in [-0.2, 0) is 6.42 Å². The van der Waals surface area contributed by atoms with Gasteiger partial charge in [0.05, 0.1) is 11.6 Å².